The molecule has 138 valence electrons. The van der Waals surface area contributed by atoms with Gasteiger partial charge in [0.2, 0.25) is 0 Å². The van der Waals surface area contributed by atoms with E-state index < -0.39 is 29.9 Å². The molecule has 1 amide bonds. The molecule has 1 rings (SSSR count). The highest BCUT2D eigenvalue weighted by molar-refractivity contribution is 5.88. The third-order valence-corrected chi connectivity index (χ3v) is 3.34. The minimum Gasteiger partial charge on any atom is -0.444 e. The molecule has 1 aliphatic heterocycles. The summed E-state index contributed by atoms with van der Waals surface area (Å²) in [6.07, 6.45) is -1.24. The van der Waals surface area contributed by atoms with E-state index in [1.54, 1.807) is 20.8 Å². The van der Waals surface area contributed by atoms with Crippen LogP contribution >= 0.6 is 0 Å². The lowest BCUT2D eigenvalue weighted by molar-refractivity contribution is -0.145. The fourth-order valence-corrected chi connectivity index (χ4v) is 2.41. The molecule has 7 heteroatoms. The van der Waals surface area contributed by atoms with Crippen LogP contribution in [0.25, 0.3) is 0 Å². The average molecular weight is 343 g/mol. The van der Waals surface area contributed by atoms with Gasteiger partial charge in [-0.25, -0.2) is 14.4 Å². The molecule has 0 bridgehead atoms. The Morgan fingerprint density at radius 2 is 1.79 bits per heavy atom. The lowest BCUT2D eigenvalue weighted by atomic mass is 9.91. The van der Waals surface area contributed by atoms with E-state index in [2.05, 4.69) is 0 Å². The van der Waals surface area contributed by atoms with Crippen molar-refractivity contribution in [2.75, 3.05) is 13.2 Å². The molecule has 7 nitrogen and oxygen atoms in total. The summed E-state index contributed by atoms with van der Waals surface area (Å²) in [5, 5.41) is 0. The number of likely N-dealkylation sites (tertiary alicyclic amines) is 1. The summed E-state index contributed by atoms with van der Waals surface area (Å²) in [6.45, 7) is 13.4. The Balaban J connectivity index is 2.76. The molecular formula is C17H29NO6. The van der Waals surface area contributed by atoms with Crippen LogP contribution in [-0.4, -0.2) is 47.9 Å². The van der Waals surface area contributed by atoms with Crippen LogP contribution in [0.5, 0.6) is 0 Å². The zero-order chi connectivity index (χ0) is 18.7. The van der Waals surface area contributed by atoms with Crippen molar-refractivity contribution < 1.29 is 28.6 Å². The van der Waals surface area contributed by atoms with E-state index in [-0.39, 0.29) is 17.9 Å². The smallest absolute Gasteiger partial charge is 0.444 e. The molecule has 0 saturated carbocycles. The van der Waals surface area contributed by atoms with E-state index in [1.165, 1.54) is 4.90 Å². The molecule has 1 aliphatic rings. The van der Waals surface area contributed by atoms with E-state index in [0.29, 0.717) is 13.0 Å². The maximum absolute atomic E-state index is 12.3. The van der Waals surface area contributed by atoms with Crippen molar-refractivity contribution in [2.24, 2.45) is 11.3 Å². The summed E-state index contributed by atoms with van der Waals surface area (Å²) in [4.78, 5) is 37.5. The Labute approximate surface area is 143 Å². The van der Waals surface area contributed by atoms with E-state index in [1.807, 2.05) is 27.7 Å². The quantitative estimate of drug-likeness (QED) is 0.577. The first-order chi connectivity index (χ1) is 10.8. The number of hydrogen-bond acceptors (Lipinski definition) is 6. The van der Waals surface area contributed by atoms with Crippen molar-refractivity contribution in [1.82, 2.24) is 4.90 Å². The average Bonchev–Trinajstić information content (AvgIpc) is 2.71. The molecule has 0 aliphatic carbocycles. The van der Waals surface area contributed by atoms with Gasteiger partial charge in [-0.3, -0.25) is 4.90 Å². The fraction of sp³-hybridized carbons (Fsp3) is 0.824. The summed E-state index contributed by atoms with van der Waals surface area (Å²) in [5.41, 5.74) is -0.948. The lowest BCUT2D eigenvalue weighted by Crippen LogP contribution is -2.44. The first-order valence-corrected chi connectivity index (χ1v) is 8.19. The van der Waals surface area contributed by atoms with Crippen LogP contribution in [0.4, 0.5) is 9.59 Å². The third kappa shape index (κ3) is 6.37. The van der Waals surface area contributed by atoms with Gasteiger partial charge in [-0.2, -0.15) is 0 Å². The minimum absolute atomic E-state index is 0.135. The molecule has 0 aromatic rings. The van der Waals surface area contributed by atoms with Gasteiger partial charge >= 0.3 is 18.2 Å². The Bertz CT molecular complexity index is 492. The number of esters is 1. The Morgan fingerprint density at radius 1 is 1.21 bits per heavy atom. The minimum atomic E-state index is -1.04. The Kier molecular flexibility index (Phi) is 6.25. The molecule has 1 heterocycles. The summed E-state index contributed by atoms with van der Waals surface area (Å²) < 4.78 is 14.9. The van der Waals surface area contributed by atoms with Crippen molar-refractivity contribution in [3.05, 3.63) is 0 Å². The first-order valence-electron chi connectivity index (χ1n) is 8.19. The van der Waals surface area contributed by atoms with Crippen LogP contribution in [0.3, 0.4) is 0 Å². The molecule has 0 unspecified atom stereocenters. The largest absolute Gasteiger partial charge is 0.516 e. The van der Waals surface area contributed by atoms with Crippen LogP contribution in [0.2, 0.25) is 0 Å². The highest BCUT2D eigenvalue weighted by Crippen LogP contribution is 2.35. The summed E-state index contributed by atoms with van der Waals surface area (Å²) in [5.74, 6) is -0.656. The van der Waals surface area contributed by atoms with E-state index >= 15 is 0 Å². The normalized spacial score (nSPS) is 20.0. The highest BCUT2D eigenvalue weighted by Gasteiger charge is 2.46. The molecule has 24 heavy (non-hydrogen) atoms. The van der Waals surface area contributed by atoms with Crippen molar-refractivity contribution in [3.63, 3.8) is 0 Å². The van der Waals surface area contributed by atoms with Crippen LogP contribution in [0.15, 0.2) is 0 Å². The molecule has 1 saturated heterocycles. The van der Waals surface area contributed by atoms with Crippen LogP contribution in [0.1, 0.15) is 54.9 Å². The fourth-order valence-electron chi connectivity index (χ4n) is 2.41. The van der Waals surface area contributed by atoms with Gasteiger partial charge in [0.1, 0.15) is 11.6 Å². The highest BCUT2D eigenvalue weighted by atomic mass is 16.7. The zero-order valence-electron chi connectivity index (χ0n) is 15.7. The van der Waals surface area contributed by atoms with Gasteiger partial charge in [0.25, 0.3) is 0 Å². The molecule has 0 radical (unpaired) electrons. The second-order valence-electron chi connectivity index (χ2n) is 8.37. The maximum Gasteiger partial charge on any atom is 0.516 e. The topological polar surface area (TPSA) is 82.1 Å². The SMILES string of the molecule is CC(C)COC(=O)OC(=O)[C@@H]1CC(C)(C)CN1C(=O)OC(C)(C)C. The van der Waals surface area contributed by atoms with E-state index in [0.717, 1.165) is 0 Å². The molecule has 0 aromatic heterocycles. The van der Waals surface area contributed by atoms with Gasteiger partial charge < -0.3 is 14.2 Å². The molecule has 1 atom stereocenters. The molecule has 1 fully saturated rings. The van der Waals surface area contributed by atoms with Crippen LogP contribution in [-0.2, 0) is 19.0 Å². The van der Waals surface area contributed by atoms with Crippen molar-refractivity contribution in [2.45, 2.75) is 66.5 Å². The summed E-state index contributed by atoms with van der Waals surface area (Å²) in [6, 6.07) is -0.860. The Hall–Kier alpha value is -1.79. The number of ether oxygens (including phenoxy) is 3. The van der Waals surface area contributed by atoms with Gasteiger partial charge in [-0.1, -0.05) is 27.7 Å². The van der Waals surface area contributed by atoms with Gasteiger partial charge in [0.05, 0.1) is 6.61 Å². The second kappa shape index (κ2) is 7.40. The van der Waals surface area contributed by atoms with Crippen LogP contribution < -0.4 is 0 Å². The number of carbonyl (C=O) groups is 3. The first kappa shape index (κ1) is 20.3. The third-order valence-electron chi connectivity index (χ3n) is 3.34. The van der Waals surface area contributed by atoms with Crippen molar-refractivity contribution in [3.8, 4) is 0 Å². The summed E-state index contributed by atoms with van der Waals surface area (Å²) in [7, 11) is 0. The van der Waals surface area contributed by atoms with E-state index in [9.17, 15) is 14.4 Å². The number of carbonyl (C=O) groups excluding carboxylic acids is 3. The predicted octanol–water partition coefficient (Wildman–Crippen LogP) is 3.36. The maximum atomic E-state index is 12.3. The Morgan fingerprint density at radius 3 is 2.29 bits per heavy atom. The van der Waals surface area contributed by atoms with Gasteiger partial charge in [0.15, 0.2) is 0 Å². The molecule has 0 N–H and O–H groups in total. The van der Waals surface area contributed by atoms with Crippen molar-refractivity contribution >= 4 is 18.2 Å². The number of hydrogen-bond donors (Lipinski definition) is 0. The molecular weight excluding hydrogens is 314 g/mol. The molecule has 0 aromatic carbocycles. The predicted molar refractivity (Wildman–Crippen MR) is 87.4 cm³/mol. The van der Waals surface area contributed by atoms with Gasteiger partial charge in [-0.15, -0.1) is 0 Å². The van der Waals surface area contributed by atoms with Crippen molar-refractivity contribution in [1.29, 1.82) is 0 Å². The molecule has 0 spiro atoms. The number of rotatable bonds is 3. The zero-order valence-corrected chi connectivity index (χ0v) is 15.7. The number of amides is 1. The monoisotopic (exact) mass is 343 g/mol. The van der Waals surface area contributed by atoms with Gasteiger partial charge in [-0.05, 0) is 38.5 Å². The lowest BCUT2D eigenvalue weighted by Gasteiger charge is -2.27. The summed E-state index contributed by atoms with van der Waals surface area (Å²) >= 11 is 0. The van der Waals surface area contributed by atoms with E-state index in [4.69, 9.17) is 14.2 Å². The van der Waals surface area contributed by atoms with Crippen LogP contribution in [0, 0.1) is 11.3 Å². The standard InChI is InChI=1S/C17H29NO6/c1-11(2)9-22-15(21)23-13(19)12-8-17(6,7)10-18(12)14(20)24-16(3,4)5/h11-12H,8-10H2,1-7H3/t12-/m0/s1. The number of nitrogens with zero attached hydrogens (tertiary/aromatic N) is 1. The van der Waals surface area contributed by atoms with Gasteiger partial charge in [0, 0.05) is 6.54 Å². The second-order valence-corrected chi connectivity index (χ2v) is 8.37.